The van der Waals surface area contributed by atoms with Crippen LogP contribution < -0.4 is 0 Å². The Bertz CT molecular complexity index is 685. The van der Waals surface area contributed by atoms with Crippen LogP contribution in [-0.2, 0) is 0 Å². The van der Waals surface area contributed by atoms with Gasteiger partial charge >= 0.3 is 0 Å². The van der Waals surface area contributed by atoms with E-state index in [4.69, 9.17) is 0 Å². The summed E-state index contributed by atoms with van der Waals surface area (Å²) in [5.41, 5.74) is 5.03. The second kappa shape index (κ2) is 9.15. The van der Waals surface area contributed by atoms with Crippen molar-refractivity contribution in [2.45, 2.75) is 46.5 Å². The van der Waals surface area contributed by atoms with Crippen molar-refractivity contribution < 1.29 is 0 Å². The molecule has 1 fully saturated rings. The lowest BCUT2D eigenvalue weighted by Gasteiger charge is -2.17. The minimum absolute atomic E-state index is 0.690. The highest BCUT2D eigenvalue weighted by molar-refractivity contribution is 6.00. The molecule has 0 saturated heterocycles. The van der Waals surface area contributed by atoms with Crippen molar-refractivity contribution in [3.63, 3.8) is 0 Å². The topological polar surface area (TPSA) is 0 Å². The summed E-state index contributed by atoms with van der Waals surface area (Å²) in [6.07, 6.45) is 8.42. The van der Waals surface area contributed by atoms with Gasteiger partial charge in [0, 0.05) is 0 Å². The van der Waals surface area contributed by atoms with Crippen LogP contribution in [0.15, 0.2) is 44.0 Å². The Morgan fingerprint density at radius 3 is 1.65 bits per heavy atom. The van der Waals surface area contributed by atoms with Crippen molar-refractivity contribution >= 4 is 29.0 Å². The lowest BCUT2D eigenvalue weighted by molar-refractivity contribution is 1.14. The summed E-state index contributed by atoms with van der Waals surface area (Å²) in [5, 5.41) is 2.63. The maximum absolute atomic E-state index is 4.01. The molecule has 0 aliphatic heterocycles. The second-order valence-electron chi connectivity index (χ2n) is 5.09. The minimum Gasteiger partial charge on any atom is -0.0984 e. The van der Waals surface area contributed by atoms with Gasteiger partial charge in [-0.2, -0.15) is 0 Å². The summed E-state index contributed by atoms with van der Waals surface area (Å²) in [5.74, 6) is 0.690. The molecule has 1 saturated carbocycles. The van der Waals surface area contributed by atoms with Crippen molar-refractivity contribution in [1.82, 2.24) is 0 Å². The van der Waals surface area contributed by atoms with Gasteiger partial charge in [-0.3, -0.25) is 0 Å². The van der Waals surface area contributed by atoms with Crippen LogP contribution in [0.3, 0.4) is 0 Å². The molecule has 0 aromatic heterocycles. The largest absolute Gasteiger partial charge is 0.0984 e. The molecule has 122 valence electrons. The normalized spacial score (nSPS) is 12.3. The summed E-state index contributed by atoms with van der Waals surface area (Å²) < 4.78 is 0. The van der Waals surface area contributed by atoms with Gasteiger partial charge < -0.3 is 0 Å². The smallest absolute Gasteiger partial charge is 0.0102 e. The van der Waals surface area contributed by atoms with Gasteiger partial charge in [-0.1, -0.05) is 89.9 Å². The maximum Gasteiger partial charge on any atom is -0.0102 e. The first-order chi connectivity index (χ1) is 11.3. The van der Waals surface area contributed by atoms with Crippen LogP contribution in [0.4, 0.5) is 0 Å². The Labute approximate surface area is 142 Å². The van der Waals surface area contributed by atoms with Crippen LogP contribution in [0.5, 0.6) is 0 Å². The highest BCUT2D eigenvalue weighted by Gasteiger charge is 2.29. The van der Waals surface area contributed by atoms with E-state index in [1.54, 1.807) is 0 Å². The van der Waals surface area contributed by atoms with Gasteiger partial charge in [-0.15, -0.1) is 0 Å². The predicted molar refractivity (Wildman–Crippen MR) is 109 cm³/mol. The Morgan fingerprint density at radius 2 is 1.22 bits per heavy atom. The molecule has 1 aliphatic carbocycles. The van der Waals surface area contributed by atoms with E-state index in [9.17, 15) is 0 Å². The fourth-order valence-corrected chi connectivity index (χ4v) is 3.00. The van der Waals surface area contributed by atoms with Crippen LogP contribution in [0.25, 0.3) is 29.0 Å². The molecule has 0 unspecified atom stereocenters. The Morgan fingerprint density at radius 1 is 0.739 bits per heavy atom. The molecule has 0 radical (unpaired) electrons. The van der Waals surface area contributed by atoms with E-state index in [2.05, 4.69) is 44.0 Å². The molecule has 0 amide bonds. The molecule has 0 heterocycles. The summed E-state index contributed by atoms with van der Waals surface area (Å²) in [7, 11) is 0. The molecule has 0 atom stereocenters. The average molecular weight is 306 g/mol. The van der Waals surface area contributed by atoms with Gasteiger partial charge in [0.05, 0.1) is 0 Å². The van der Waals surface area contributed by atoms with Crippen LogP contribution in [0, 0.1) is 0 Å². The summed E-state index contributed by atoms with van der Waals surface area (Å²) in [6.45, 7) is 20.0. The zero-order valence-electron chi connectivity index (χ0n) is 15.2. The molecule has 0 spiro atoms. The van der Waals surface area contributed by atoms with Crippen molar-refractivity contribution in [2.24, 2.45) is 0 Å². The van der Waals surface area contributed by atoms with E-state index < -0.39 is 0 Å². The van der Waals surface area contributed by atoms with Gasteiger partial charge in [-0.05, 0) is 51.8 Å². The zero-order chi connectivity index (χ0) is 17.4. The zero-order valence-corrected chi connectivity index (χ0v) is 15.2. The minimum atomic E-state index is 0.690. The third kappa shape index (κ3) is 3.64. The third-order valence-corrected chi connectivity index (χ3v) is 3.98. The first-order valence-electron chi connectivity index (χ1n) is 8.77. The average Bonchev–Trinajstić information content (AvgIpc) is 3.47. The van der Waals surface area contributed by atoms with Gasteiger partial charge in [0.15, 0.2) is 0 Å². The van der Waals surface area contributed by atoms with Gasteiger partial charge in [0.2, 0.25) is 0 Å². The second-order valence-corrected chi connectivity index (χ2v) is 5.09. The monoisotopic (exact) mass is 306 g/mol. The lowest BCUT2D eigenvalue weighted by atomic mass is 9.87. The fourth-order valence-electron chi connectivity index (χ4n) is 3.00. The van der Waals surface area contributed by atoms with Crippen molar-refractivity contribution in [3.8, 4) is 0 Å². The van der Waals surface area contributed by atoms with E-state index >= 15 is 0 Å². The molecule has 0 heteroatoms. The Kier molecular flexibility index (Phi) is 7.54. The summed E-state index contributed by atoms with van der Waals surface area (Å²) in [6, 6.07) is 8.60. The molecule has 0 nitrogen and oxygen atoms in total. The van der Waals surface area contributed by atoms with E-state index in [0.717, 1.165) is 0 Å². The quantitative estimate of drug-likeness (QED) is 0.543. The standard InChI is InChI=1S/C19H18.2C2H6/c1-4-14-15(5-2)17-9-7-8-10-18(17)19(13-11-12-13)16(14)6-3;2*1-2/h4-10,13H,1-3,11-12H2;2*1-2H3. The molecular formula is C23H30. The van der Waals surface area contributed by atoms with Crippen molar-refractivity contribution in [1.29, 1.82) is 0 Å². The molecule has 1 aliphatic rings. The fraction of sp³-hybridized carbons (Fsp3) is 0.304. The van der Waals surface area contributed by atoms with E-state index in [1.165, 1.54) is 45.9 Å². The summed E-state index contributed by atoms with van der Waals surface area (Å²) in [4.78, 5) is 0. The molecule has 0 N–H and O–H groups in total. The van der Waals surface area contributed by atoms with Crippen molar-refractivity contribution in [3.05, 3.63) is 66.3 Å². The first-order valence-corrected chi connectivity index (χ1v) is 8.77. The number of fused-ring (bicyclic) bond motifs is 1. The van der Waals surface area contributed by atoms with Gasteiger partial charge in [-0.25, -0.2) is 0 Å². The Hall–Kier alpha value is -2.08. The van der Waals surface area contributed by atoms with Crippen LogP contribution in [0.2, 0.25) is 0 Å². The number of hydrogen-bond acceptors (Lipinski definition) is 0. The summed E-state index contributed by atoms with van der Waals surface area (Å²) >= 11 is 0. The van der Waals surface area contributed by atoms with Gasteiger partial charge in [0.1, 0.15) is 0 Å². The molecule has 2 aromatic carbocycles. The number of hydrogen-bond donors (Lipinski definition) is 0. The molecule has 3 rings (SSSR count). The first kappa shape index (κ1) is 19.0. The Balaban J connectivity index is 0.000000615. The number of rotatable bonds is 4. The predicted octanol–water partition coefficient (Wildman–Crippen LogP) is 7.70. The van der Waals surface area contributed by atoms with Crippen LogP contribution >= 0.6 is 0 Å². The molecule has 2 aromatic rings. The molecule has 0 bridgehead atoms. The van der Waals surface area contributed by atoms with E-state index in [0.29, 0.717) is 5.92 Å². The van der Waals surface area contributed by atoms with E-state index in [-0.39, 0.29) is 0 Å². The van der Waals surface area contributed by atoms with Crippen molar-refractivity contribution in [2.75, 3.05) is 0 Å². The lowest BCUT2D eigenvalue weighted by Crippen LogP contribution is -1.96. The van der Waals surface area contributed by atoms with E-state index in [1.807, 2.05) is 45.9 Å². The highest BCUT2D eigenvalue weighted by atomic mass is 14.3. The highest BCUT2D eigenvalue weighted by Crippen LogP contribution is 2.47. The molecular weight excluding hydrogens is 276 g/mol. The van der Waals surface area contributed by atoms with Crippen LogP contribution in [-0.4, -0.2) is 0 Å². The van der Waals surface area contributed by atoms with Crippen LogP contribution in [0.1, 0.15) is 68.7 Å². The third-order valence-electron chi connectivity index (χ3n) is 3.98. The number of benzene rings is 2. The maximum atomic E-state index is 4.01. The SMILES string of the molecule is C=Cc1c(C=C)c(C2CC2)c2ccccc2c1C=C.CC.CC. The van der Waals surface area contributed by atoms with Gasteiger partial charge in [0.25, 0.3) is 0 Å². The molecule has 23 heavy (non-hydrogen) atoms.